The smallest absolute Gasteiger partial charge is 0.416 e. The highest BCUT2D eigenvalue weighted by Gasteiger charge is 2.36. The van der Waals surface area contributed by atoms with Crippen molar-refractivity contribution < 1.29 is 35.9 Å². The number of benzene rings is 3. The zero-order valence-electron chi connectivity index (χ0n) is 24.9. The van der Waals surface area contributed by atoms with E-state index >= 15 is 0 Å². The van der Waals surface area contributed by atoms with Crippen molar-refractivity contribution in [1.82, 2.24) is 10.2 Å². The lowest BCUT2D eigenvalue weighted by molar-refractivity contribution is -0.139. The summed E-state index contributed by atoms with van der Waals surface area (Å²) in [6, 6.07) is 15.0. The second kappa shape index (κ2) is 14.6. The van der Waals surface area contributed by atoms with Crippen LogP contribution in [0.25, 0.3) is 0 Å². The van der Waals surface area contributed by atoms with Gasteiger partial charge in [-0.15, -0.1) is 0 Å². The first-order valence-corrected chi connectivity index (χ1v) is 16.3. The van der Waals surface area contributed by atoms with Gasteiger partial charge in [-0.1, -0.05) is 61.2 Å². The van der Waals surface area contributed by atoms with E-state index in [0.717, 1.165) is 44.2 Å². The van der Waals surface area contributed by atoms with Gasteiger partial charge in [-0.25, -0.2) is 8.42 Å². The summed E-state index contributed by atoms with van der Waals surface area (Å²) in [5.74, 6) is -0.664. The van der Waals surface area contributed by atoms with E-state index in [0.29, 0.717) is 21.7 Å². The lowest BCUT2D eigenvalue weighted by atomic mass is 9.95. The van der Waals surface area contributed by atoms with Crippen LogP contribution in [0.3, 0.4) is 0 Å². The Hall–Kier alpha value is -3.77. The Labute approximate surface area is 266 Å². The molecule has 3 aromatic carbocycles. The number of alkyl halides is 3. The molecule has 1 unspecified atom stereocenters. The van der Waals surface area contributed by atoms with E-state index in [4.69, 9.17) is 16.3 Å². The van der Waals surface area contributed by atoms with Crippen LogP contribution in [0.4, 0.5) is 18.9 Å². The van der Waals surface area contributed by atoms with Gasteiger partial charge in [0.1, 0.15) is 18.3 Å². The molecule has 1 saturated carbocycles. The highest BCUT2D eigenvalue weighted by atomic mass is 35.5. The number of nitrogens with zero attached hydrogens (tertiary/aromatic N) is 2. The fourth-order valence-corrected chi connectivity index (χ4v) is 6.91. The van der Waals surface area contributed by atoms with E-state index in [1.165, 1.54) is 43.2 Å². The van der Waals surface area contributed by atoms with E-state index in [9.17, 15) is 31.2 Å². The Kier molecular flexibility index (Phi) is 11.0. The maximum Gasteiger partial charge on any atom is 0.416 e. The van der Waals surface area contributed by atoms with Crippen molar-refractivity contribution in [3.8, 4) is 5.75 Å². The van der Waals surface area contributed by atoms with Gasteiger partial charge in [0.05, 0.1) is 28.3 Å². The van der Waals surface area contributed by atoms with Crippen LogP contribution >= 0.6 is 11.6 Å². The molecule has 4 rings (SSSR count). The summed E-state index contributed by atoms with van der Waals surface area (Å²) in [4.78, 5) is 28.5. The number of nitrogens with one attached hydrogen (secondary N) is 1. The summed E-state index contributed by atoms with van der Waals surface area (Å²) < 4.78 is 74.8. The van der Waals surface area contributed by atoms with Crippen molar-refractivity contribution in [2.75, 3.05) is 18.0 Å². The molecule has 242 valence electrons. The number of hydrogen-bond acceptors (Lipinski definition) is 5. The second-order valence-corrected chi connectivity index (χ2v) is 13.1. The zero-order chi connectivity index (χ0) is 32.8. The lowest BCUT2D eigenvalue weighted by Gasteiger charge is -2.33. The normalized spacial score (nSPS) is 14.8. The van der Waals surface area contributed by atoms with E-state index in [-0.39, 0.29) is 22.5 Å². The molecule has 8 nitrogen and oxygen atoms in total. The van der Waals surface area contributed by atoms with Crippen LogP contribution in [-0.4, -0.2) is 50.9 Å². The van der Waals surface area contributed by atoms with Crippen LogP contribution in [0.2, 0.25) is 5.02 Å². The minimum atomic E-state index is -4.81. The van der Waals surface area contributed by atoms with E-state index < -0.39 is 51.9 Å². The molecule has 1 aliphatic rings. The van der Waals surface area contributed by atoms with E-state index in [1.807, 2.05) is 0 Å². The molecular weight excluding hydrogens is 631 g/mol. The third-order valence-corrected chi connectivity index (χ3v) is 9.88. The van der Waals surface area contributed by atoms with Crippen molar-refractivity contribution >= 4 is 39.1 Å². The van der Waals surface area contributed by atoms with Gasteiger partial charge < -0.3 is 15.0 Å². The van der Waals surface area contributed by atoms with Gasteiger partial charge in [0.2, 0.25) is 11.8 Å². The Bertz CT molecular complexity index is 1580. The molecule has 0 heterocycles. The summed E-state index contributed by atoms with van der Waals surface area (Å²) in [6.45, 7) is 0.528. The first-order valence-electron chi connectivity index (χ1n) is 14.5. The molecule has 13 heteroatoms. The maximum atomic E-state index is 14.1. The van der Waals surface area contributed by atoms with Gasteiger partial charge in [0.15, 0.2) is 0 Å². The van der Waals surface area contributed by atoms with Gasteiger partial charge in [-0.2, -0.15) is 13.2 Å². The molecule has 3 aromatic rings. The summed E-state index contributed by atoms with van der Waals surface area (Å²) in [5.41, 5.74) is -1.04. The monoisotopic (exact) mass is 665 g/mol. The molecule has 0 aromatic heterocycles. The molecule has 0 aliphatic heterocycles. The van der Waals surface area contributed by atoms with Gasteiger partial charge in [-0.3, -0.25) is 13.9 Å². The number of sulfonamides is 1. The molecule has 0 spiro atoms. The predicted octanol–water partition coefficient (Wildman–Crippen LogP) is 6.43. The van der Waals surface area contributed by atoms with E-state index in [2.05, 4.69) is 5.32 Å². The van der Waals surface area contributed by atoms with Gasteiger partial charge in [0.25, 0.3) is 10.0 Å². The van der Waals surface area contributed by atoms with Crippen LogP contribution < -0.4 is 14.4 Å². The van der Waals surface area contributed by atoms with Crippen molar-refractivity contribution in [1.29, 1.82) is 0 Å². The predicted molar refractivity (Wildman–Crippen MR) is 165 cm³/mol. The second-order valence-electron chi connectivity index (χ2n) is 10.9. The van der Waals surface area contributed by atoms with Crippen molar-refractivity contribution in [3.63, 3.8) is 0 Å². The van der Waals surface area contributed by atoms with Crippen LogP contribution in [-0.2, 0) is 32.3 Å². The SMILES string of the molecule is COc1ccc(CN(C(=O)CN(c2cc(C(F)(F)F)ccc2Cl)S(=O)(=O)c2ccccc2)C(C)C(=O)NC2CCCCC2)cc1. The molecule has 0 radical (unpaired) electrons. The molecule has 1 fully saturated rings. The van der Waals surface area contributed by atoms with Crippen molar-refractivity contribution in [3.05, 3.63) is 88.9 Å². The lowest BCUT2D eigenvalue weighted by Crippen LogP contribution is -2.53. The largest absolute Gasteiger partial charge is 0.497 e. The first kappa shape index (κ1) is 34.1. The molecule has 0 saturated heterocycles. The Morgan fingerprint density at radius 2 is 1.64 bits per heavy atom. The maximum absolute atomic E-state index is 14.1. The number of methoxy groups -OCH3 is 1. The zero-order valence-corrected chi connectivity index (χ0v) is 26.5. The third-order valence-electron chi connectivity index (χ3n) is 7.78. The number of halogens is 4. The van der Waals surface area contributed by atoms with Crippen LogP contribution in [0.15, 0.2) is 77.7 Å². The fraction of sp³-hybridized carbons (Fsp3) is 0.375. The average Bonchev–Trinajstić information content (AvgIpc) is 3.03. The number of rotatable bonds is 11. The molecule has 2 amide bonds. The standard InChI is InChI=1S/C32H35ClF3N3O5S/c1-22(31(41)37-25-9-5-3-6-10-25)38(20-23-13-16-26(44-2)17-14-23)30(40)21-39(45(42,43)27-11-7-4-8-12-27)29-19-24(32(34,35)36)15-18-28(29)33/h4,7-8,11-19,22,25H,3,5-6,9-10,20-21H2,1-2H3,(H,37,41). The molecule has 1 atom stereocenters. The Morgan fingerprint density at radius 1 is 1.00 bits per heavy atom. The Morgan fingerprint density at radius 3 is 2.24 bits per heavy atom. The third kappa shape index (κ3) is 8.49. The number of amides is 2. The number of carbonyl (C=O) groups is 2. The highest BCUT2D eigenvalue weighted by molar-refractivity contribution is 7.92. The quantitative estimate of drug-likeness (QED) is 0.255. The Balaban J connectivity index is 1.74. The van der Waals surface area contributed by atoms with Gasteiger partial charge in [0, 0.05) is 12.6 Å². The summed E-state index contributed by atoms with van der Waals surface area (Å²) in [7, 11) is -3.10. The molecule has 0 bridgehead atoms. The summed E-state index contributed by atoms with van der Waals surface area (Å²) in [6.07, 6.45) is -0.175. The van der Waals surface area contributed by atoms with Crippen LogP contribution in [0.5, 0.6) is 5.75 Å². The summed E-state index contributed by atoms with van der Waals surface area (Å²) >= 11 is 6.30. The first-order chi connectivity index (χ1) is 21.3. The molecule has 45 heavy (non-hydrogen) atoms. The van der Waals surface area contributed by atoms with Gasteiger partial charge in [-0.05, 0) is 67.8 Å². The molecule has 1 N–H and O–H groups in total. The van der Waals surface area contributed by atoms with E-state index in [1.54, 1.807) is 30.3 Å². The topological polar surface area (TPSA) is 96.0 Å². The minimum absolute atomic E-state index is 0.0505. The van der Waals surface area contributed by atoms with Crippen molar-refractivity contribution in [2.45, 2.75) is 68.7 Å². The number of carbonyl (C=O) groups excluding carboxylic acids is 2. The minimum Gasteiger partial charge on any atom is -0.497 e. The average molecular weight is 666 g/mol. The van der Waals surface area contributed by atoms with Crippen LogP contribution in [0, 0.1) is 0 Å². The number of ether oxygens (including phenoxy) is 1. The van der Waals surface area contributed by atoms with Crippen molar-refractivity contribution in [2.24, 2.45) is 0 Å². The molecular formula is C32H35ClF3N3O5S. The van der Waals surface area contributed by atoms with Gasteiger partial charge >= 0.3 is 6.18 Å². The number of anilines is 1. The fourth-order valence-electron chi connectivity index (χ4n) is 5.19. The van der Waals surface area contributed by atoms with Crippen LogP contribution in [0.1, 0.15) is 50.2 Å². The highest BCUT2D eigenvalue weighted by Crippen LogP contribution is 2.37. The summed E-state index contributed by atoms with van der Waals surface area (Å²) in [5, 5.41) is 2.70. The molecule has 1 aliphatic carbocycles. The number of hydrogen-bond donors (Lipinski definition) is 1.